The van der Waals surface area contributed by atoms with E-state index in [9.17, 15) is 0 Å². The number of benzene rings is 9. The van der Waals surface area contributed by atoms with Crippen molar-refractivity contribution in [1.29, 1.82) is 0 Å². The molecule has 2 heterocycles. The maximum Gasteiger partial charge on any atom is 0.164 e. The van der Waals surface area contributed by atoms with Gasteiger partial charge in [0.25, 0.3) is 0 Å². The molecule has 0 unspecified atom stereocenters. The molecule has 3 nitrogen and oxygen atoms in total. The Balaban J connectivity index is 1.00. The molecule has 0 N–H and O–H groups in total. The molecule has 4 heteroatoms. The highest BCUT2D eigenvalue weighted by Gasteiger charge is 2.18. The fourth-order valence-electron chi connectivity index (χ4n) is 8.31. The SMILES string of the molecule is c1ccc(-c2cccc(-c3nc(-c4ccccc4)nc(-c4cccc5sc6ccc(-c7ccc(-c8ccc(-c9ccccc9)cc8-c8ccccc8)cc7)cc6c45)n3)c2)cc1. The molecule has 0 bridgehead atoms. The van der Waals surface area contributed by atoms with Crippen molar-refractivity contribution < 1.29 is 0 Å². The van der Waals surface area contributed by atoms with Gasteiger partial charge in [0.1, 0.15) is 0 Å². The third-order valence-electron chi connectivity index (χ3n) is 11.4. The number of rotatable bonds is 8. The van der Waals surface area contributed by atoms with Gasteiger partial charge in [0, 0.05) is 36.9 Å². The van der Waals surface area contributed by atoms with Crippen LogP contribution >= 0.6 is 11.3 Å². The summed E-state index contributed by atoms with van der Waals surface area (Å²) in [7, 11) is 0. The second kappa shape index (κ2) is 15.8. The number of thiophene rings is 1. The van der Waals surface area contributed by atoms with Crippen molar-refractivity contribution in [2.75, 3.05) is 0 Å². The highest BCUT2D eigenvalue weighted by atomic mass is 32.1. The Morgan fingerprint density at radius 1 is 0.246 bits per heavy atom. The summed E-state index contributed by atoms with van der Waals surface area (Å²) in [6.07, 6.45) is 0. The molecule has 0 saturated carbocycles. The molecule has 0 aliphatic rings. The first-order chi connectivity index (χ1) is 30.2. The van der Waals surface area contributed by atoms with Gasteiger partial charge in [-0.1, -0.05) is 194 Å². The van der Waals surface area contributed by atoms with Crippen molar-refractivity contribution >= 4 is 31.5 Å². The zero-order chi connectivity index (χ0) is 40.5. The smallest absolute Gasteiger partial charge is 0.164 e. The molecule has 286 valence electrons. The van der Waals surface area contributed by atoms with Gasteiger partial charge in [-0.2, -0.15) is 0 Å². The minimum absolute atomic E-state index is 0.643. The molecule has 9 aromatic carbocycles. The molecule has 0 spiro atoms. The van der Waals surface area contributed by atoms with Gasteiger partial charge in [0.15, 0.2) is 17.5 Å². The molecule has 2 aromatic heterocycles. The summed E-state index contributed by atoms with van der Waals surface area (Å²) in [4.78, 5) is 15.5. The maximum absolute atomic E-state index is 5.22. The summed E-state index contributed by atoms with van der Waals surface area (Å²) in [5.74, 6) is 1.94. The van der Waals surface area contributed by atoms with Crippen LogP contribution in [0, 0.1) is 0 Å². The number of aromatic nitrogens is 3. The van der Waals surface area contributed by atoms with Gasteiger partial charge < -0.3 is 0 Å². The molecule has 0 fully saturated rings. The van der Waals surface area contributed by atoms with Crippen molar-refractivity contribution in [2.45, 2.75) is 0 Å². The van der Waals surface area contributed by atoms with Gasteiger partial charge in [-0.15, -0.1) is 11.3 Å². The lowest BCUT2D eigenvalue weighted by Gasteiger charge is -2.14. The highest BCUT2D eigenvalue weighted by molar-refractivity contribution is 7.26. The Hall–Kier alpha value is -7.79. The van der Waals surface area contributed by atoms with E-state index in [1.165, 1.54) is 48.2 Å². The first-order valence-electron chi connectivity index (χ1n) is 20.5. The molecule has 11 aromatic rings. The molecule has 0 aliphatic carbocycles. The molecule has 0 aliphatic heterocycles. The van der Waals surface area contributed by atoms with Crippen LogP contribution in [0.4, 0.5) is 0 Å². The summed E-state index contributed by atoms with van der Waals surface area (Å²) in [5, 5.41) is 2.34. The van der Waals surface area contributed by atoms with Crippen LogP contribution in [0.3, 0.4) is 0 Å². The summed E-state index contributed by atoms with van der Waals surface area (Å²) in [6.45, 7) is 0. The van der Waals surface area contributed by atoms with E-state index in [0.717, 1.165) is 44.3 Å². The van der Waals surface area contributed by atoms with E-state index in [1.54, 1.807) is 11.3 Å². The Bertz CT molecular complexity index is 3320. The summed E-state index contributed by atoms with van der Waals surface area (Å²) >= 11 is 1.80. The number of hydrogen-bond donors (Lipinski definition) is 0. The van der Waals surface area contributed by atoms with Gasteiger partial charge in [-0.25, -0.2) is 15.0 Å². The van der Waals surface area contributed by atoms with Crippen LogP contribution in [0.1, 0.15) is 0 Å². The van der Waals surface area contributed by atoms with Crippen LogP contribution in [-0.2, 0) is 0 Å². The molecular formula is C57H37N3S. The van der Waals surface area contributed by atoms with Crippen molar-refractivity contribution in [3.05, 3.63) is 224 Å². The molecule has 11 rings (SSSR count). The van der Waals surface area contributed by atoms with Gasteiger partial charge in [-0.05, 0) is 86.0 Å². The maximum atomic E-state index is 5.22. The second-order valence-electron chi connectivity index (χ2n) is 15.2. The molecular weight excluding hydrogens is 759 g/mol. The van der Waals surface area contributed by atoms with E-state index >= 15 is 0 Å². The topological polar surface area (TPSA) is 38.7 Å². The molecule has 61 heavy (non-hydrogen) atoms. The van der Waals surface area contributed by atoms with Crippen LogP contribution in [0.2, 0.25) is 0 Å². The lowest BCUT2D eigenvalue weighted by Crippen LogP contribution is -2.00. The van der Waals surface area contributed by atoms with Crippen LogP contribution in [0.5, 0.6) is 0 Å². The van der Waals surface area contributed by atoms with Crippen molar-refractivity contribution in [1.82, 2.24) is 15.0 Å². The van der Waals surface area contributed by atoms with E-state index in [0.29, 0.717) is 17.5 Å². The van der Waals surface area contributed by atoms with Crippen molar-refractivity contribution in [3.63, 3.8) is 0 Å². The molecule has 0 atom stereocenters. The van der Waals surface area contributed by atoms with Gasteiger partial charge >= 0.3 is 0 Å². The number of fused-ring (bicyclic) bond motifs is 3. The largest absolute Gasteiger partial charge is 0.208 e. The minimum atomic E-state index is 0.643. The van der Waals surface area contributed by atoms with E-state index in [-0.39, 0.29) is 0 Å². The Morgan fingerprint density at radius 3 is 1.39 bits per heavy atom. The summed E-state index contributed by atoms with van der Waals surface area (Å²) in [6, 6.07) is 79.5. The van der Waals surface area contributed by atoms with Crippen LogP contribution < -0.4 is 0 Å². The van der Waals surface area contributed by atoms with E-state index < -0.39 is 0 Å². The monoisotopic (exact) mass is 795 g/mol. The van der Waals surface area contributed by atoms with Crippen LogP contribution in [-0.4, -0.2) is 15.0 Å². The number of hydrogen-bond acceptors (Lipinski definition) is 4. The molecule has 0 amide bonds. The van der Waals surface area contributed by atoms with Crippen LogP contribution in [0.15, 0.2) is 224 Å². The Morgan fingerprint density at radius 2 is 0.705 bits per heavy atom. The third-order valence-corrected chi connectivity index (χ3v) is 12.5. The highest BCUT2D eigenvalue weighted by Crippen LogP contribution is 2.42. The number of nitrogens with zero attached hydrogens (tertiary/aromatic N) is 3. The summed E-state index contributed by atoms with van der Waals surface area (Å²) in [5.41, 5.74) is 14.7. The normalized spacial score (nSPS) is 11.3. The van der Waals surface area contributed by atoms with E-state index in [4.69, 9.17) is 15.0 Å². The Labute approximate surface area is 359 Å². The third kappa shape index (κ3) is 7.09. The fraction of sp³-hybridized carbons (Fsp3) is 0. The first kappa shape index (κ1) is 36.3. The molecule has 0 saturated heterocycles. The zero-order valence-corrected chi connectivity index (χ0v) is 33.9. The standard InChI is InChI=1S/C57H37N3S/c1-5-15-38(16-6-1)44-23-13-24-47(35-44)56-58-55(43-21-11-4-12-22-43)59-57(60-56)49-25-14-26-53-54(49)51-37-46(32-34-52(51)61-53)40-27-29-42(30-28-40)48-33-31-45(39-17-7-2-8-18-39)36-50(48)41-19-9-3-10-20-41/h1-37H. The minimum Gasteiger partial charge on any atom is -0.208 e. The predicted molar refractivity (Wildman–Crippen MR) is 256 cm³/mol. The van der Waals surface area contributed by atoms with E-state index in [1.807, 2.05) is 24.3 Å². The lowest BCUT2D eigenvalue weighted by molar-refractivity contribution is 1.08. The average Bonchev–Trinajstić information content (AvgIpc) is 3.73. The van der Waals surface area contributed by atoms with Gasteiger partial charge in [0.05, 0.1) is 0 Å². The Kier molecular flexibility index (Phi) is 9.38. The average molecular weight is 796 g/mol. The second-order valence-corrected chi connectivity index (χ2v) is 16.3. The summed E-state index contributed by atoms with van der Waals surface area (Å²) < 4.78 is 2.42. The predicted octanol–water partition coefficient (Wildman–Crippen LogP) is 15.6. The molecule has 0 radical (unpaired) electrons. The van der Waals surface area contributed by atoms with Gasteiger partial charge in [-0.3, -0.25) is 0 Å². The van der Waals surface area contributed by atoms with Crippen LogP contribution in [0.25, 0.3) is 110 Å². The van der Waals surface area contributed by atoms with Crippen molar-refractivity contribution in [3.8, 4) is 89.8 Å². The zero-order valence-electron chi connectivity index (χ0n) is 33.1. The lowest BCUT2D eigenvalue weighted by atomic mass is 9.90. The first-order valence-corrected chi connectivity index (χ1v) is 21.3. The van der Waals surface area contributed by atoms with E-state index in [2.05, 4.69) is 200 Å². The fourth-order valence-corrected chi connectivity index (χ4v) is 9.42. The van der Waals surface area contributed by atoms with Gasteiger partial charge in [0.2, 0.25) is 0 Å². The quantitative estimate of drug-likeness (QED) is 0.154. The van der Waals surface area contributed by atoms with Crippen molar-refractivity contribution in [2.24, 2.45) is 0 Å².